The van der Waals surface area contributed by atoms with Gasteiger partial charge in [-0.3, -0.25) is 4.79 Å². The van der Waals surface area contributed by atoms with Crippen LogP contribution in [0.4, 0.5) is 0 Å². The lowest BCUT2D eigenvalue weighted by Gasteiger charge is -2.05. The molecule has 0 spiro atoms. The van der Waals surface area contributed by atoms with E-state index in [0.29, 0.717) is 13.0 Å². The number of ether oxygens (including phenoxy) is 1. The minimum atomic E-state index is -0.00488. The summed E-state index contributed by atoms with van der Waals surface area (Å²) in [6, 6.07) is 0. The molecule has 0 saturated heterocycles. The van der Waals surface area contributed by atoms with Crippen LogP contribution < -0.4 is 0 Å². The number of allylic oxidation sites excluding steroid dienone is 6. The van der Waals surface area contributed by atoms with Crippen molar-refractivity contribution in [3.05, 3.63) is 36.5 Å². The summed E-state index contributed by atoms with van der Waals surface area (Å²) in [6.45, 7) is 5.00. The van der Waals surface area contributed by atoms with E-state index >= 15 is 0 Å². The zero-order valence-corrected chi connectivity index (χ0v) is 18.8. The van der Waals surface area contributed by atoms with Crippen molar-refractivity contribution in [2.75, 3.05) is 6.61 Å². The molecule has 0 aromatic rings. The van der Waals surface area contributed by atoms with Gasteiger partial charge in [-0.25, -0.2) is 0 Å². The summed E-state index contributed by atoms with van der Waals surface area (Å²) in [7, 11) is 0. The van der Waals surface area contributed by atoms with Crippen LogP contribution in [0.25, 0.3) is 0 Å². The van der Waals surface area contributed by atoms with Crippen LogP contribution >= 0.6 is 0 Å². The van der Waals surface area contributed by atoms with Crippen LogP contribution in [0.5, 0.6) is 0 Å². The van der Waals surface area contributed by atoms with Gasteiger partial charge < -0.3 is 4.74 Å². The summed E-state index contributed by atoms with van der Waals surface area (Å²) < 4.78 is 5.31. The van der Waals surface area contributed by atoms with Gasteiger partial charge in [0.15, 0.2) is 0 Å². The Hall–Kier alpha value is -1.31. The monoisotopic (exact) mass is 390 g/mol. The standard InChI is InChI=1S/C26H46O2/c1-3-5-7-9-11-12-13-14-15-16-17-18-19-20-22-24-26(27)28-25-23-21-10-8-6-4-2/h5,7,11-12,14-15H,3-4,6,8-10,13,16-25H2,1-2H3/b7-5-,12-11-,15-14-. The topological polar surface area (TPSA) is 26.3 Å². The Bertz CT molecular complexity index is 407. The molecule has 0 fully saturated rings. The highest BCUT2D eigenvalue weighted by molar-refractivity contribution is 5.69. The maximum absolute atomic E-state index is 11.7. The molecule has 28 heavy (non-hydrogen) atoms. The third-order valence-corrected chi connectivity index (χ3v) is 4.79. The Balaban J connectivity index is 3.28. The van der Waals surface area contributed by atoms with Crippen molar-refractivity contribution in [3.8, 4) is 0 Å². The second-order valence-corrected chi connectivity index (χ2v) is 7.59. The second kappa shape index (κ2) is 23.7. The second-order valence-electron chi connectivity index (χ2n) is 7.59. The van der Waals surface area contributed by atoms with Crippen LogP contribution in [0.15, 0.2) is 36.5 Å². The molecule has 162 valence electrons. The molecule has 0 amide bonds. The van der Waals surface area contributed by atoms with E-state index in [1.165, 1.54) is 57.8 Å². The molecule has 0 saturated carbocycles. The first-order chi connectivity index (χ1) is 13.8. The fraction of sp³-hybridized carbons (Fsp3) is 0.731. The van der Waals surface area contributed by atoms with Crippen LogP contribution in [0.1, 0.15) is 117 Å². The van der Waals surface area contributed by atoms with Crippen LogP contribution in [-0.2, 0) is 9.53 Å². The van der Waals surface area contributed by atoms with Gasteiger partial charge in [0.05, 0.1) is 6.61 Å². The molecule has 0 heterocycles. The number of unbranched alkanes of at least 4 members (excludes halogenated alkanes) is 10. The van der Waals surface area contributed by atoms with Crippen molar-refractivity contribution in [2.24, 2.45) is 0 Å². The van der Waals surface area contributed by atoms with Crippen LogP contribution in [0, 0.1) is 0 Å². The van der Waals surface area contributed by atoms with Gasteiger partial charge in [0.1, 0.15) is 0 Å². The predicted octanol–water partition coefficient (Wildman–Crippen LogP) is 8.48. The van der Waals surface area contributed by atoms with Crippen molar-refractivity contribution in [1.29, 1.82) is 0 Å². The van der Waals surface area contributed by atoms with E-state index in [0.717, 1.165) is 38.5 Å². The lowest BCUT2D eigenvalue weighted by Crippen LogP contribution is -2.05. The van der Waals surface area contributed by atoms with Crippen molar-refractivity contribution in [1.82, 2.24) is 0 Å². The van der Waals surface area contributed by atoms with E-state index in [9.17, 15) is 4.79 Å². The number of esters is 1. The molecule has 0 bridgehead atoms. The van der Waals surface area contributed by atoms with Crippen LogP contribution in [0.3, 0.4) is 0 Å². The maximum Gasteiger partial charge on any atom is 0.305 e. The zero-order valence-electron chi connectivity index (χ0n) is 18.8. The van der Waals surface area contributed by atoms with Gasteiger partial charge in [0, 0.05) is 6.42 Å². The van der Waals surface area contributed by atoms with Crippen molar-refractivity contribution in [2.45, 2.75) is 117 Å². The average Bonchev–Trinajstić information content (AvgIpc) is 2.70. The molecule has 0 aliphatic carbocycles. The third kappa shape index (κ3) is 22.7. The molecule has 0 aromatic carbocycles. The predicted molar refractivity (Wildman–Crippen MR) is 124 cm³/mol. The zero-order chi connectivity index (χ0) is 20.5. The van der Waals surface area contributed by atoms with E-state index in [2.05, 4.69) is 50.3 Å². The van der Waals surface area contributed by atoms with Crippen molar-refractivity contribution >= 4 is 5.97 Å². The molecule has 2 heteroatoms. The lowest BCUT2D eigenvalue weighted by molar-refractivity contribution is -0.143. The summed E-state index contributed by atoms with van der Waals surface area (Å²) in [5.41, 5.74) is 0. The quantitative estimate of drug-likeness (QED) is 0.118. The summed E-state index contributed by atoms with van der Waals surface area (Å²) in [5.74, 6) is -0.00488. The smallest absolute Gasteiger partial charge is 0.305 e. The number of hydrogen-bond acceptors (Lipinski definition) is 2. The minimum absolute atomic E-state index is 0.00488. The largest absolute Gasteiger partial charge is 0.466 e. The Morgan fingerprint density at radius 3 is 1.93 bits per heavy atom. The molecular formula is C26H46O2. The molecule has 0 N–H and O–H groups in total. The Labute approximate surface area is 175 Å². The van der Waals surface area contributed by atoms with Gasteiger partial charge in [0.25, 0.3) is 0 Å². The lowest BCUT2D eigenvalue weighted by atomic mass is 10.1. The van der Waals surface area contributed by atoms with Gasteiger partial charge >= 0.3 is 5.97 Å². The van der Waals surface area contributed by atoms with E-state index in [4.69, 9.17) is 4.74 Å². The first-order valence-electron chi connectivity index (χ1n) is 11.9. The van der Waals surface area contributed by atoms with E-state index < -0.39 is 0 Å². The molecule has 0 atom stereocenters. The first kappa shape index (κ1) is 26.7. The third-order valence-electron chi connectivity index (χ3n) is 4.79. The minimum Gasteiger partial charge on any atom is -0.466 e. The number of rotatable bonds is 20. The molecule has 0 radical (unpaired) electrons. The number of hydrogen-bond donors (Lipinski definition) is 0. The fourth-order valence-electron chi connectivity index (χ4n) is 3.03. The van der Waals surface area contributed by atoms with E-state index in [1.54, 1.807) is 0 Å². The molecule has 0 unspecified atom stereocenters. The summed E-state index contributed by atoms with van der Waals surface area (Å²) in [4.78, 5) is 11.7. The van der Waals surface area contributed by atoms with E-state index in [1.807, 2.05) is 0 Å². The average molecular weight is 391 g/mol. The van der Waals surface area contributed by atoms with Crippen LogP contribution in [0.2, 0.25) is 0 Å². The molecular weight excluding hydrogens is 344 g/mol. The number of carbonyl (C=O) groups is 1. The van der Waals surface area contributed by atoms with Crippen molar-refractivity contribution in [3.63, 3.8) is 0 Å². The molecule has 0 rings (SSSR count). The molecule has 0 aliphatic rings. The SMILES string of the molecule is CC/C=C\C/C=C\C/C=C\CCCCCCCC(=O)OCCCCCCCC. The molecule has 0 aliphatic heterocycles. The summed E-state index contributed by atoms with van der Waals surface area (Å²) >= 11 is 0. The van der Waals surface area contributed by atoms with E-state index in [-0.39, 0.29) is 5.97 Å². The highest BCUT2D eigenvalue weighted by Crippen LogP contribution is 2.09. The Morgan fingerprint density at radius 2 is 1.21 bits per heavy atom. The van der Waals surface area contributed by atoms with Crippen LogP contribution in [-0.4, -0.2) is 12.6 Å². The maximum atomic E-state index is 11.7. The first-order valence-corrected chi connectivity index (χ1v) is 11.9. The van der Waals surface area contributed by atoms with Gasteiger partial charge in [-0.1, -0.05) is 102 Å². The molecule has 2 nitrogen and oxygen atoms in total. The normalized spacial score (nSPS) is 11.9. The van der Waals surface area contributed by atoms with Gasteiger partial charge in [-0.15, -0.1) is 0 Å². The highest BCUT2D eigenvalue weighted by atomic mass is 16.5. The summed E-state index contributed by atoms with van der Waals surface area (Å²) in [6.07, 6.45) is 31.7. The van der Waals surface area contributed by atoms with Gasteiger partial charge in [-0.2, -0.15) is 0 Å². The fourth-order valence-corrected chi connectivity index (χ4v) is 3.03. The summed E-state index contributed by atoms with van der Waals surface area (Å²) in [5, 5.41) is 0. The Morgan fingerprint density at radius 1 is 0.643 bits per heavy atom. The van der Waals surface area contributed by atoms with Gasteiger partial charge in [0.2, 0.25) is 0 Å². The number of carbonyl (C=O) groups excluding carboxylic acids is 1. The van der Waals surface area contributed by atoms with Crippen molar-refractivity contribution < 1.29 is 9.53 Å². The highest BCUT2D eigenvalue weighted by Gasteiger charge is 2.02. The Kier molecular flexibility index (Phi) is 22.6. The van der Waals surface area contributed by atoms with Gasteiger partial charge in [-0.05, 0) is 44.9 Å². The molecule has 0 aromatic heterocycles.